The number of hydrogen-bond donors (Lipinski definition) is 1. The molecule has 1 aromatic carbocycles. The summed E-state index contributed by atoms with van der Waals surface area (Å²) < 4.78 is 7.69. The molecule has 3 rings (SSSR count). The smallest absolute Gasteiger partial charge is 0.105 e. The van der Waals surface area contributed by atoms with Crippen molar-refractivity contribution < 1.29 is 4.74 Å². The van der Waals surface area contributed by atoms with E-state index in [0.29, 0.717) is 12.1 Å². The Kier molecular flexibility index (Phi) is 5.24. The van der Waals surface area contributed by atoms with Gasteiger partial charge in [0.1, 0.15) is 5.82 Å². The molecule has 0 saturated carbocycles. The topological polar surface area (TPSA) is 39.1 Å². The number of ether oxygens (including phenoxy) is 1. The van der Waals surface area contributed by atoms with E-state index in [2.05, 4.69) is 58.3 Å². The zero-order valence-electron chi connectivity index (χ0n) is 13.2. The van der Waals surface area contributed by atoms with Crippen molar-refractivity contribution in [1.82, 2.24) is 14.9 Å². The second-order valence-corrected chi connectivity index (χ2v) is 5.97. The van der Waals surface area contributed by atoms with Gasteiger partial charge in [-0.1, -0.05) is 30.3 Å². The minimum Gasteiger partial charge on any atom is -0.381 e. The van der Waals surface area contributed by atoms with Crippen LogP contribution in [0.15, 0.2) is 42.7 Å². The molecule has 0 amide bonds. The molecule has 4 heteroatoms. The van der Waals surface area contributed by atoms with E-state index in [1.165, 1.54) is 5.56 Å². The van der Waals surface area contributed by atoms with Gasteiger partial charge in [-0.05, 0) is 31.7 Å². The Hall–Kier alpha value is -1.65. The van der Waals surface area contributed by atoms with Crippen molar-refractivity contribution in [2.45, 2.75) is 44.8 Å². The summed E-state index contributed by atoms with van der Waals surface area (Å²) in [5.41, 5.74) is 1.37. The van der Waals surface area contributed by atoms with Gasteiger partial charge in [-0.15, -0.1) is 0 Å². The molecule has 1 aliphatic heterocycles. The highest BCUT2D eigenvalue weighted by Gasteiger charge is 2.19. The fourth-order valence-corrected chi connectivity index (χ4v) is 3.09. The van der Waals surface area contributed by atoms with E-state index in [1.54, 1.807) is 0 Å². The van der Waals surface area contributed by atoms with Gasteiger partial charge in [0.25, 0.3) is 0 Å². The van der Waals surface area contributed by atoms with Crippen LogP contribution in [0.3, 0.4) is 0 Å². The Labute approximate surface area is 132 Å². The van der Waals surface area contributed by atoms with Crippen LogP contribution in [0.5, 0.6) is 0 Å². The Morgan fingerprint density at radius 2 is 2.05 bits per heavy atom. The molecule has 0 bridgehead atoms. The van der Waals surface area contributed by atoms with Gasteiger partial charge in [0.15, 0.2) is 0 Å². The first-order valence-electron chi connectivity index (χ1n) is 8.19. The third kappa shape index (κ3) is 3.96. The molecule has 1 N–H and O–H groups in total. The molecule has 2 heterocycles. The molecular formula is C18H25N3O. The summed E-state index contributed by atoms with van der Waals surface area (Å²) >= 11 is 0. The molecular weight excluding hydrogens is 274 g/mol. The fraction of sp³-hybridized carbons (Fsp3) is 0.500. The maximum absolute atomic E-state index is 5.47. The van der Waals surface area contributed by atoms with Crippen LogP contribution in [-0.2, 0) is 11.3 Å². The number of aromatic nitrogens is 2. The lowest BCUT2D eigenvalue weighted by atomic mass is 10.0. The lowest BCUT2D eigenvalue weighted by Crippen LogP contribution is -2.37. The maximum Gasteiger partial charge on any atom is 0.105 e. The maximum atomic E-state index is 5.47. The van der Waals surface area contributed by atoms with Crippen molar-refractivity contribution in [3.63, 3.8) is 0 Å². The van der Waals surface area contributed by atoms with Crippen molar-refractivity contribution in [2.24, 2.45) is 0 Å². The third-order valence-corrected chi connectivity index (χ3v) is 4.44. The van der Waals surface area contributed by atoms with Crippen molar-refractivity contribution in [3.8, 4) is 0 Å². The standard InChI is InChI=1S/C18H25N3O/c1-15-19-10-12-21(15)11-7-18(16-5-3-2-4-6-16)20-17-8-13-22-14-9-17/h2-6,10,12,17-18,20H,7-9,11,13-14H2,1H3/t18-/m1/s1. The van der Waals surface area contributed by atoms with Gasteiger partial charge in [0, 0.05) is 44.2 Å². The summed E-state index contributed by atoms with van der Waals surface area (Å²) in [4.78, 5) is 4.31. The van der Waals surface area contributed by atoms with Gasteiger partial charge < -0.3 is 14.6 Å². The van der Waals surface area contributed by atoms with Crippen LogP contribution in [0.25, 0.3) is 0 Å². The highest BCUT2D eigenvalue weighted by Crippen LogP contribution is 2.21. The first-order valence-corrected chi connectivity index (χ1v) is 8.19. The summed E-state index contributed by atoms with van der Waals surface area (Å²) in [7, 11) is 0. The molecule has 0 spiro atoms. The number of imidazole rings is 1. The monoisotopic (exact) mass is 299 g/mol. The number of nitrogens with zero attached hydrogens (tertiary/aromatic N) is 2. The molecule has 0 radical (unpaired) electrons. The zero-order chi connectivity index (χ0) is 15.2. The summed E-state index contributed by atoms with van der Waals surface area (Å²) in [6.07, 6.45) is 7.21. The highest BCUT2D eigenvalue weighted by molar-refractivity contribution is 5.19. The molecule has 22 heavy (non-hydrogen) atoms. The number of aryl methyl sites for hydroxylation is 2. The van der Waals surface area contributed by atoms with Crippen LogP contribution < -0.4 is 5.32 Å². The van der Waals surface area contributed by atoms with E-state index in [4.69, 9.17) is 4.74 Å². The first-order chi connectivity index (χ1) is 10.8. The molecule has 0 unspecified atom stereocenters. The van der Waals surface area contributed by atoms with E-state index >= 15 is 0 Å². The van der Waals surface area contributed by atoms with Gasteiger partial charge in [-0.3, -0.25) is 0 Å². The van der Waals surface area contributed by atoms with Crippen LogP contribution in [-0.4, -0.2) is 28.8 Å². The predicted octanol–water partition coefficient (Wildman–Crippen LogP) is 3.09. The molecule has 0 aliphatic carbocycles. The van der Waals surface area contributed by atoms with Crippen LogP contribution in [0.4, 0.5) is 0 Å². The van der Waals surface area contributed by atoms with Crippen LogP contribution in [0.2, 0.25) is 0 Å². The highest BCUT2D eigenvalue weighted by atomic mass is 16.5. The number of nitrogens with one attached hydrogen (secondary N) is 1. The Balaban J connectivity index is 1.67. The van der Waals surface area contributed by atoms with Crippen LogP contribution in [0.1, 0.15) is 36.7 Å². The molecule has 1 fully saturated rings. The van der Waals surface area contributed by atoms with Crippen LogP contribution >= 0.6 is 0 Å². The van der Waals surface area contributed by atoms with Gasteiger partial charge >= 0.3 is 0 Å². The van der Waals surface area contributed by atoms with E-state index in [-0.39, 0.29) is 0 Å². The van der Waals surface area contributed by atoms with E-state index < -0.39 is 0 Å². The van der Waals surface area contributed by atoms with Crippen LogP contribution in [0, 0.1) is 6.92 Å². The largest absolute Gasteiger partial charge is 0.381 e. The van der Waals surface area contributed by atoms with Gasteiger partial charge in [0.05, 0.1) is 0 Å². The summed E-state index contributed by atoms with van der Waals surface area (Å²) in [5, 5.41) is 3.84. The van der Waals surface area contributed by atoms with Crippen molar-refractivity contribution >= 4 is 0 Å². The first kappa shape index (κ1) is 15.3. The van der Waals surface area contributed by atoms with Gasteiger partial charge in [-0.2, -0.15) is 0 Å². The molecule has 2 aromatic rings. The average Bonchev–Trinajstić information content (AvgIpc) is 2.98. The van der Waals surface area contributed by atoms with Gasteiger partial charge in [0.2, 0.25) is 0 Å². The minimum atomic E-state index is 0.381. The van der Waals surface area contributed by atoms with E-state index in [1.807, 2.05) is 6.20 Å². The molecule has 1 aliphatic rings. The molecule has 1 saturated heterocycles. The van der Waals surface area contributed by atoms with E-state index in [0.717, 1.165) is 44.8 Å². The Morgan fingerprint density at radius 1 is 1.27 bits per heavy atom. The Morgan fingerprint density at radius 3 is 2.73 bits per heavy atom. The molecule has 118 valence electrons. The summed E-state index contributed by atoms with van der Waals surface area (Å²) in [5.74, 6) is 1.08. The number of rotatable bonds is 6. The molecule has 4 nitrogen and oxygen atoms in total. The van der Waals surface area contributed by atoms with Gasteiger partial charge in [-0.25, -0.2) is 4.98 Å². The molecule has 1 atom stereocenters. The summed E-state index contributed by atoms with van der Waals surface area (Å²) in [6, 6.07) is 11.7. The normalized spacial score (nSPS) is 17.5. The summed E-state index contributed by atoms with van der Waals surface area (Å²) in [6.45, 7) is 4.80. The quantitative estimate of drug-likeness (QED) is 0.891. The zero-order valence-corrected chi connectivity index (χ0v) is 13.2. The molecule has 1 aromatic heterocycles. The second kappa shape index (κ2) is 7.56. The van der Waals surface area contributed by atoms with Crippen molar-refractivity contribution in [1.29, 1.82) is 0 Å². The fourth-order valence-electron chi connectivity index (χ4n) is 3.09. The Bertz CT molecular complexity index is 561. The SMILES string of the molecule is Cc1nccn1CC[C@@H](NC1CCOCC1)c1ccccc1. The van der Waals surface area contributed by atoms with Crippen molar-refractivity contribution in [3.05, 3.63) is 54.1 Å². The third-order valence-electron chi connectivity index (χ3n) is 4.44. The number of hydrogen-bond acceptors (Lipinski definition) is 3. The lowest BCUT2D eigenvalue weighted by Gasteiger charge is -2.29. The minimum absolute atomic E-state index is 0.381. The second-order valence-electron chi connectivity index (χ2n) is 5.97. The predicted molar refractivity (Wildman–Crippen MR) is 87.7 cm³/mol. The lowest BCUT2D eigenvalue weighted by molar-refractivity contribution is 0.0743. The number of benzene rings is 1. The average molecular weight is 299 g/mol. The van der Waals surface area contributed by atoms with E-state index in [9.17, 15) is 0 Å². The van der Waals surface area contributed by atoms with Crippen molar-refractivity contribution in [2.75, 3.05) is 13.2 Å².